The van der Waals surface area contributed by atoms with E-state index >= 15 is 0 Å². The van der Waals surface area contributed by atoms with Gasteiger partial charge in [0.25, 0.3) is 0 Å². The number of fused-ring (bicyclic) bond motifs is 1. The molecule has 0 amide bonds. The zero-order chi connectivity index (χ0) is 7.84. The molecule has 0 bridgehead atoms. The molecule has 2 aromatic rings. The van der Waals surface area contributed by atoms with E-state index in [2.05, 4.69) is 34.7 Å². The van der Waals surface area contributed by atoms with Gasteiger partial charge in [0.05, 0.1) is 0 Å². The average Bonchev–Trinajstić information content (AvgIpc) is 2.27. The summed E-state index contributed by atoms with van der Waals surface area (Å²) < 4.78 is 1.36. The van der Waals surface area contributed by atoms with E-state index in [1.54, 1.807) is 0 Å². The molecule has 0 aliphatic rings. The van der Waals surface area contributed by atoms with Crippen LogP contribution < -0.4 is 2.81 Å². The summed E-state index contributed by atoms with van der Waals surface area (Å²) in [5.74, 6) is 0. The number of hydrogen-bond donors (Lipinski definition) is 2. The van der Waals surface area contributed by atoms with E-state index in [0.29, 0.717) is 5.16 Å². The van der Waals surface area contributed by atoms with E-state index in [-0.39, 0.29) is 0 Å². The first kappa shape index (κ1) is 7.68. The Morgan fingerprint density at radius 2 is 2.27 bits per heavy atom. The van der Waals surface area contributed by atoms with E-state index in [1.165, 1.54) is 2.81 Å². The number of aromatic nitrogens is 2. The molecule has 2 rings (SSSR count). The molecule has 0 unspecified atom stereocenters. The number of nitrogens with zero attached hydrogens (tertiary/aromatic N) is 1. The minimum atomic E-state index is 0.687. The number of benzene rings is 1. The number of aromatic amines is 1. The normalized spacial score (nSPS) is 10.8. The van der Waals surface area contributed by atoms with Crippen LogP contribution in [0.4, 0.5) is 0 Å². The van der Waals surface area contributed by atoms with E-state index < -0.39 is 0 Å². The number of rotatable bonds is 0. The summed E-state index contributed by atoms with van der Waals surface area (Å²) in [5, 5.41) is 0.687. The van der Waals surface area contributed by atoms with Crippen LogP contribution in [0.5, 0.6) is 0 Å². The van der Waals surface area contributed by atoms with Crippen LogP contribution in [0.15, 0.2) is 23.4 Å². The summed E-state index contributed by atoms with van der Waals surface area (Å²) in [6, 6.07) is 6.25. The van der Waals surface area contributed by atoms with Gasteiger partial charge in [0.15, 0.2) is 0 Å². The maximum atomic E-state index is 4.20. The SMILES string of the molecule is [Na][c]1ccc2[nH]c(S)nc2c1. The first-order valence-electron chi connectivity index (χ1n) is 3.41. The number of nitrogens with one attached hydrogen (secondary N) is 1. The third kappa shape index (κ3) is 1.47. The van der Waals surface area contributed by atoms with Crippen molar-refractivity contribution in [2.45, 2.75) is 5.16 Å². The van der Waals surface area contributed by atoms with Gasteiger partial charge in [0, 0.05) is 0 Å². The molecule has 2 nitrogen and oxygen atoms in total. The van der Waals surface area contributed by atoms with Crippen molar-refractivity contribution in [2.24, 2.45) is 0 Å². The van der Waals surface area contributed by atoms with Gasteiger partial charge in [-0.2, -0.15) is 0 Å². The van der Waals surface area contributed by atoms with Crippen LogP contribution in [0, 0.1) is 0 Å². The summed E-state index contributed by atoms with van der Waals surface area (Å²) in [6.07, 6.45) is 0. The van der Waals surface area contributed by atoms with E-state index in [9.17, 15) is 0 Å². The van der Waals surface area contributed by atoms with Gasteiger partial charge >= 0.3 is 87.7 Å². The fourth-order valence-corrected chi connectivity index (χ4v) is 1.77. The van der Waals surface area contributed by atoms with Gasteiger partial charge in [-0.25, -0.2) is 0 Å². The predicted octanol–water partition coefficient (Wildman–Crippen LogP) is 0.645. The Kier molecular flexibility index (Phi) is 1.97. The zero-order valence-electron chi connectivity index (χ0n) is 6.13. The van der Waals surface area contributed by atoms with Gasteiger partial charge in [-0.05, 0) is 0 Å². The zero-order valence-corrected chi connectivity index (χ0v) is 9.02. The van der Waals surface area contributed by atoms with Crippen LogP contribution in [-0.2, 0) is 0 Å². The summed E-state index contributed by atoms with van der Waals surface area (Å²) in [7, 11) is 0. The Labute approximate surface area is 87.2 Å². The van der Waals surface area contributed by atoms with Crippen molar-refractivity contribution in [1.82, 2.24) is 9.97 Å². The molecule has 0 atom stereocenters. The Balaban J connectivity index is 2.82. The quantitative estimate of drug-likeness (QED) is 0.443. The van der Waals surface area contributed by atoms with Crippen LogP contribution in [0.1, 0.15) is 0 Å². The molecule has 1 aromatic heterocycles. The van der Waals surface area contributed by atoms with Gasteiger partial charge in [-0.15, -0.1) is 0 Å². The second-order valence-electron chi connectivity index (χ2n) is 2.58. The van der Waals surface area contributed by atoms with Crippen LogP contribution in [0.2, 0.25) is 0 Å². The fourth-order valence-electron chi connectivity index (χ4n) is 1.10. The van der Waals surface area contributed by atoms with Gasteiger partial charge in [0.1, 0.15) is 0 Å². The fraction of sp³-hybridized carbons (Fsp3) is 0. The molecule has 4 heteroatoms. The van der Waals surface area contributed by atoms with Gasteiger partial charge in [0.2, 0.25) is 0 Å². The first-order valence-corrected chi connectivity index (χ1v) is 4.86. The Morgan fingerprint density at radius 3 is 3.09 bits per heavy atom. The molecular formula is C7H5N2NaS. The monoisotopic (exact) mass is 172 g/mol. The minimum absolute atomic E-state index is 0.687. The summed E-state index contributed by atoms with van der Waals surface area (Å²) >= 11 is 5.20. The molecule has 1 aromatic carbocycles. The second kappa shape index (κ2) is 2.83. The number of hydrogen-bond acceptors (Lipinski definition) is 2. The van der Waals surface area contributed by atoms with Crippen LogP contribution in [-0.4, -0.2) is 37.9 Å². The molecule has 0 radical (unpaired) electrons. The molecule has 1 heterocycles. The molecule has 50 valence electrons. The summed E-state index contributed by atoms with van der Waals surface area (Å²) in [4.78, 5) is 7.26. The molecule has 0 saturated heterocycles. The molecular weight excluding hydrogens is 167 g/mol. The van der Waals surface area contributed by atoms with Crippen molar-refractivity contribution < 1.29 is 0 Å². The van der Waals surface area contributed by atoms with Crippen molar-refractivity contribution in [3.63, 3.8) is 0 Å². The van der Waals surface area contributed by atoms with Gasteiger partial charge in [-0.3, -0.25) is 0 Å². The van der Waals surface area contributed by atoms with Gasteiger partial charge < -0.3 is 0 Å². The van der Waals surface area contributed by atoms with E-state index in [1.807, 2.05) is 6.07 Å². The van der Waals surface area contributed by atoms with E-state index in [4.69, 9.17) is 0 Å². The average molecular weight is 172 g/mol. The van der Waals surface area contributed by atoms with Crippen molar-refractivity contribution in [2.75, 3.05) is 0 Å². The molecule has 0 saturated carbocycles. The van der Waals surface area contributed by atoms with Crippen LogP contribution in [0.25, 0.3) is 11.0 Å². The first-order chi connectivity index (χ1) is 5.25. The third-order valence-corrected chi connectivity index (χ3v) is 2.46. The van der Waals surface area contributed by atoms with Crippen molar-refractivity contribution >= 4 is 54.4 Å². The molecule has 11 heavy (non-hydrogen) atoms. The molecule has 0 aliphatic carbocycles. The van der Waals surface area contributed by atoms with Crippen molar-refractivity contribution in [3.05, 3.63) is 18.2 Å². The van der Waals surface area contributed by atoms with Gasteiger partial charge in [-0.1, -0.05) is 0 Å². The summed E-state index contributed by atoms with van der Waals surface area (Å²) in [5.41, 5.74) is 2.08. The molecule has 0 aliphatic heterocycles. The maximum absolute atomic E-state index is 4.20. The molecule has 0 fully saturated rings. The van der Waals surface area contributed by atoms with Crippen molar-refractivity contribution in [1.29, 1.82) is 0 Å². The van der Waals surface area contributed by atoms with E-state index in [0.717, 1.165) is 39.0 Å². The van der Waals surface area contributed by atoms with Crippen LogP contribution in [0.3, 0.4) is 0 Å². The van der Waals surface area contributed by atoms with Crippen molar-refractivity contribution in [3.8, 4) is 0 Å². The van der Waals surface area contributed by atoms with Crippen LogP contribution >= 0.6 is 12.6 Å². The number of H-pyrrole nitrogens is 1. The topological polar surface area (TPSA) is 28.7 Å². The summed E-state index contributed by atoms with van der Waals surface area (Å²) in [6.45, 7) is 0. The Hall–Kier alpha value is 0.0400. The Bertz CT molecular complexity index is 396. The Morgan fingerprint density at radius 1 is 1.45 bits per heavy atom. The molecule has 0 spiro atoms. The standard InChI is InChI=1S/C7H5N2S.Na/c10-7-8-5-3-1-2-4-6(5)9-7;/h1,3-4H,(H2,8,9,10);. The third-order valence-electron chi connectivity index (χ3n) is 1.63. The second-order valence-corrected chi connectivity index (χ2v) is 4.16. The predicted molar refractivity (Wildman–Crippen MR) is 48.7 cm³/mol. The molecule has 1 N–H and O–H groups in total. The number of imidazole rings is 1. The number of thiol groups is 1.